The molecule has 1 aromatic heterocycles. The third-order valence-electron chi connectivity index (χ3n) is 7.98. The summed E-state index contributed by atoms with van der Waals surface area (Å²) >= 11 is 0. The third-order valence-corrected chi connectivity index (χ3v) is 7.98. The van der Waals surface area contributed by atoms with Gasteiger partial charge in [0.05, 0.1) is 11.3 Å². The largest absolute Gasteiger partial charge is 0.362 e. The Morgan fingerprint density at radius 2 is 1.46 bits per heavy atom. The molecule has 0 atom stereocenters. The lowest BCUT2D eigenvalue weighted by Crippen LogP contribution is -2.40. The van der Waals surface area contributed by atoms with Crippen LogP contribution in [0.25, 0.3) is 21.5 Å². The number of fused-ring (bicyclic) bond motifs is 3. The van der Waals surface area contributed by atoms with Crippen LogP contribution in [-0.2, 0) is 12.8 Å². The van der Waals surface area contributed by atoms with Crippen LogP contribution in [0.3, 0.4) is 0 Å². The van der Waals surface area contributed by atoms with Crippen molar-refractivity contribution in [1.82, 2.24) is 15.3 Å². The number of hydrogen-bond donors (Lipinski definition) is 2. The molecule has 1 heterocycles. The average molecular weight is 494 g/mol. The second-order valence-corrected chi connectivity index (χ2v) is 10.8. The number of anilines is 2. The summed E-state index contributed by atoms with van der Waals surface area (Å²) in [5, 5.41) is 11.2. The quantitative estimate of drug-likeness (QED) is 0.340. The van der Waals surface area contributed by atoms with Crippen LogP contribution < -0.4 is 15.5 Å². The Hall–Kier alpha value is -3.67. The smallest absolute Gasteiger partial charge is 0.252 e. The Balaban J connectivity index is 1.15. The van der Waals surface area contributed by atoms with Gasteiger partial charge in [0.2, 0.25) is 5.95 Å². The van der Waals surface area contributed by atoms with Crippen LogP contribution in [0.4, 0.5) is 11.8 Å². The summed E-state index contributed by atoms with van der Waals surface area (Å²) in [5.41, 5.74) is 3.30. The molecule has 6 nitrogen and oxygen atoms in total. The van der Waals surface area contributed by atoms with Crippen molar-refractivity contribution < 1.29 is 4.79 Å². The number of carbonyl (C=O) groups is 1. The van der Waals surface area contributed by atoms with E-state index in [-0.39, 0.29) is 11.9 Å². The fourth-order valence-electron chi connectivity index (χ4n) is 6.09. The minimum atomic E-state index is 0.0260. The number of nitrogens with one attached hydrogen (secondary N) is 2. The summed E-state index contributed by atoms with van der Waals surface area (Å²) in [6.45, 7) is 0. The van der Waals surface area contributed by atoms with Crippen molar-refractivity contribution in [1.29, 1.82) is 0 Å². The van der Waals surface area contributed by atoms with Gasteiger partial charge in [-0.1, -0.05) is 48.5 Å². The van der Waals surface area contributed by atoms with Crippen LogP contribution in [0.2, 0.25) is 0 Å². The predicted octanol–water partition coefficient (Wildman–Crippen LogP) is 5.88. The van der Waals surface area contributed by atoms with Crippen LogP contribution in [0, 0.1) is 0 Å². The SMILES string of the molecule is CN(C)c1nc(N[C@H]2CC[C@@H](NC(=O)c3c4ccccc4cc4ccccc34)CC2)nc2c1CCCC2. The molecule has 0 saturated heterocycles. The molecule has 0 radical (unpaired) electrons. The Kier molecular flexibility index (Phi) is 6.41. The number of benzene rings is 3. The average Bonchev–Trinajstić information content (AvgIpc) is 2.92. The maximum absolute atomic E-state index is 13.6. The number of hydrogen-bond acceptors (Lipinski definition) is 5. The van der Waals surface area contributed by atoms with Gasteiger partial charge >= 0.3 is 0 Å². The lowest BCUT2D eigenvalue weighted by molar-refractivity contribution is 0.0930. The molecule has 2 N–H and O–H groups in total. The van der Waals surface area contributed by atoms with Crippen LogP contribution in [0.15, 0.2) is 54.6 Å². The van der Waals surface area contributed by atoms with E-state index in [1.165, 1.54) is 24.1 Å². The van der Waals surface area contributed by atoms with Crippen LogP contribution in [0.1, 0.15) is 60.1 Å². The second kappa shape index (κ2) is 10.0. The van der Waals surface area contributed by atoms with Gasteiger partial charge in [0.25, 0.3) is 5.91 Å². The Morgan fingerprint density at radius 1 is 0.838 bits per heavy atom. The third kappa shape index (κ3) is 4.73. The molecular weight excluding hydrogens is 458 g/mol. The second-order valence-electron chi connectivity index (χ2n) is 10.8. The molecule has 2 aliphatic carbocycles. The van der Waals surface area contributed by atoms with Crippen LogP contribution in [0.5, 0.6) is 0 Å². The van der Waals surface area contributed by atoms with Gasteiger partial charge in [-0.15, -0.1) is 0 Å². The minimum absolute atomic E-state index is 0.0260. The van der Waals surface area contributed by atoms with Crippen LogP contribution in [-0.4, -0.2) is 42.1 Å². The zero-order valence-electron chi connectivity index (χ0n) is 21.8. The van der Waals surface area contributed by atoms with Gasteiger partial charge < -0.3 is 15.5 Å². The summed E-state index contributed by atoms with van der Waals surface area (Å²) in [5.74, 6) is 1.83. The normalized spacial score (nSPS) is 19.4. The number of aryl methyl sites for hydroxylation is 1. The van der Waals surface area contributed by atoms with E-state index in [1.807, 2.05) is 24.3 Å². The van der Waals surface area contributed by atoms with Crippen molar-refractivity contribution in [2.24, 2.45) is 0 Å². The van der Waals surface area contributed by atoms with Crippen molar-refractivity contribution in [3.8, 4) is 0 Å². The summed E-state index contributed by atoms with van der Waals surface area (Å²) in [6, 6.07) is 19.0. The van der Waals surface area contributed by atoms with Crippen molar-refractivity contribution >= 4 is 39.2 Å². The zero-order valence-corrected chi connectivity index (χ0v) is 21.8. The van der Waals surface area contributed by atoms with E-state index in [1.54, 1.807) is 0 Å². The molecular formula is C31H35N5O. The van der Waals surface area contributed by atoms with Gasteiger partial charge in [-0.3, -0.25) is 4.79 Å². The highest BCUT2D eigenvalue weighted by Crippen LogP contribution is 2.31. The molecule has 4 aromatic rings. The number of aromatic nitrogens is 2. The highest BCUT2D eigenvalue weighted by Gasteiger charge is 2.26. The standard InChI is InChI=1S/C31H35N5O/c1-36(2)29-26-13-7-8-14-27(26)34-31(35-29)33-23-17-15-22(16-18-23)32-30(37)28-24-11-5-3-9-20(24)19-21-10-4-6-12-25(21)28/h3-6,9-12,19,22-23H,7-8,13-18H2,1-2H3,(H,32,37)(H,33,34,35)/t22-,23+. The molecule has 3 aromatic carbocycles. The van der Waals surface area contributed by atoms with Crippen molar-refractivity contribution in [3.05, 3.63) is 71.4 Å². The molecule has 0 bridgehead atoms. The highest BCUT2D eigenvalue weighted by molar-refractivity contribution is 6.18. The first-order valence-electron chi connectivity index (χ1n) is 13.6. The van der Waals surface area contributed by atoms with Gasteiger partial charge in [-0.05, 0) is 79.0 Å². The topological polar surface area (TPSA) is 70.2 Å². The van der Waals surface area contributed by atoms with E-state index in [2.05, 4.69) is 60.0 Å². The summed E-state index contributed by atoms with van der Waals surface area (Å²) in [4.78, 5) is 25.5. The van der Waals surface area contributed by atoms with Gasteiger partial charge in [0.15, 0.2) is 0 Å². The van der Waals surface area contributed by atoms with E-state index in [4.69, 9.17) is 9.97 Å². The monoisotopic (exact) mass is 493 g/mol. The molecule has 190 valence electrons. The molecule has 1 amide bonds. The molecule has 1 saturated carbocycles. The van der Waals surface area contributed by atoms with Crippen molar-refractivity contribution in [3.63, 3.8) is 0 Å². The van der Waals surface area contributed by atoms with E-state index >= 15 is 0 Å². The fourth-order valence-corrected chi connectivity index (χ4v) is 6.09. The molecule has 1 fully saturated rings. The first-order chi connectivity index (χ1) is 18.1. The maximum Gasteiger partial charge on any atom is 0.252 e. The van der Waals surface area contributed by atoms with Gasteiger partial charge in [-0.25, -0.2) is 4.98 Å². The van der Waals surface area contributed by atoms with E-state index in [9.17, 15) is 4.79 Å². The molecule has 6 rings (SSSR count). The minimum Gasteiger partial charge on any atom is -0.362 e. The summed E-state index contributed by atoms with van der Waals surface area (Å²) < 4.78 is 0. The zero-order chi connectivity index (χ0) is 25.4. The van der Waals surface area contributed by atoms with Gasteiger partial charge in [0.1, 0.15) is 5.82 Å². The van der Waals surface area contributed by atoms with E-state index in [0.717, 1.165) is 77.4 Å². The Bertz CT molecular complexity index is 1400. The van der Waals surface area contributed by atoms with Crippen molar-refractivity contribution in [2.45, 2.75) is 63.5 Å². The number of amides is 1. The van der Waals surface area contributed by atoms with Gasteiger partial charge in [0, 0.05) is 31.7 Å². The predicted molar refractivity (Wildman–Crippen MR) is 152 cm³/mol. The Labute approximate surface area is 218 Å². The van der Waals surface area contributed by atoms with E-state index in [0.29, 0.717) is 6.04 Å². The maximum atomic E-state index is 13.6. The number of nitrogens with zero attached hydrogens (tertiary/aromatic N) is 3. The molecule has 0 spiro atoms. The number of rotatable bonds is 5. The van der Waals surface area contributed by atoms with Crippen LogP contribution >= 0.6 is 0 Å². The lowest BCUT2D eigenvalue weighted by atomic mass is 9.90. The highest BCUT2D eigenvalue weighted by atomic mass is 16.1. The first kappa shape index (κ1) is 23.7. The van der Waals surface area contributed by atoms with Gasteiger partial charge in [-0.2, -0.15) is 4.98 Å². The molecule has 6 heteroatoms. The lowest BCUT2D eigenvalue weighted by Gasteiger charge is -2.30. The molecule has 37 heavy (non-hydrogen) atoms. The Morgan fingerprint density at radius 3 is 2.14 bits per heavy atom. The first-order valence-corrected chi connectivity index (χ1v) is 13.6. The van der Waals surface area contributed by atoms with E-state index < -0.39 is 0 Å². The molecule has 0 unspecified atom stereocenters. The summed E-state index contributed by atoms with van der Waals surface area (Å²) in [6.07, 6.45) is 8.38. The fraction of sp³-hybridized carbons (Fsp3) is 0.387. The molecule has 0 aliphatic heterocycles. The number of carbonyl (C=O) groups excluding carboxylic acids is 1. The summed E-state index contributed by atoms with van der Waals surface area (Å²) in [7, 11) is 4.13. The van der Waals surface area contributed by atoms with Crippen molar-refractivity contribution in [2.75, 3.05) is 24.3 Å². The molecule has 2 aliphatic rings.